The quantitative estimate of drug-likeness (QED) is 0.834. The maximum absolute atomic E-state index is 13.2. The Balaban J connectivity index is 2.22. The number of benzene rings is 2. The Bertz CT molecular complexity index is 630. The van der Waals surface area contributed by atoms with Gasteiger partial charge in [0.2, 0.25) is 0 Å². The van der Waals surface area contributed by atoms with Crippen LogP contribution in [0, 0.1) is 5.82 Å². The lowest BCUT2D eigenvalue weighted by Gasteiger charge is -2.05. The van der Waals surface area contributed by atoms with Gasteiger partial charge in [0.15, 0.2) is 0 Å². The number of hydrogen-bond acceptors (Lipinski definition) is 2. The average molecular weight is 363 g/mol. The lowest BCUT2D eigenvalue weighted by Crippen LogP contribution is -1.98. The number of nitrogen functional groups attached to an aromatic ring is 1. The van der Waals surface area contributed by atoms with Crippen LogP contribution in [0.15, 0.2) is 45.8 Å². The van der Waals surface area contributed by atoms with Crippen molar-refractivity contribution < 1.29 is 8.60 Å². The largest absolute Gasteiger partial charge is 0.398 e. The Morgan fingerprint density at radius 3 is 2.63 bits per heavy atom. The van der Waals surface area contributed by atoms with Gasteiger partial charge in [-0.3, -0.25) is 4.21 Å². The topological polar surface area (TPSA) is 43.1 Å². The minimum atomic E-state index is -1.30. The first-order valence-corrected chi connectivity index (χ1v) is 7.83. The lowest BCUT2D eigenvalue weighted by atomic mass is 10.2. The second-order valence-electron chi connectivity index (χ2n) is 3.95. The van der Waals surface area contributed by atoms with Crippen molar-refractivity contribution in [2.75, 3.05) is 5.73 Å². The lowest BCUT2D eigenvalue weighted by molar-refractivity contribution is 0.625. The number of anilines is 1. The Morgan fingerprint density at radius 2 is 2.00 bits per heavy atom. The molecule has 0 aliphatic heterocycles. The fraction of sp³-hybridized carbons (Fsp3) is 0.0769. The number of rotatable bonds is 3. The Kier molecular flexibility index (Phi) is 4.60. The van der Waals surface area contributed by atoms with Gasteiger partial charge in [0.1, 0.15) is 5.82 Å². The van der Waals surface area contributed by atoms with Crippen molar-refractivity contribution in [2.24, 2.45) is 0 Å². The van der Waals surface area contributed by atoms with Crippen molar-refractivity contribution in [3.05, 3.63) is 57.3 Å². The minimum absolute atomic E-state index is 0.219. The number of halogens is 3. The van der Waals surface area contributed by atoms with E-state index in [1.807, 2.05) is 0 Å². The molecule has 1 atom stereocenters. The van der Waals surface area contributed by atoms with Crippen LogP contribution in [0.1, 0.15) is 5.56 Å². The van der Waals surface area contributed by atoms with Gasteiger partial charge in [0.25, 0.3) is 0 Å². The fourth-order valence-electron chi connectivity index (χ4n) is 1.58. The Hall–Kier alpha value is -0.910. The Labute approximate surface area is 126 Å². The highest BCUT2D eigenvalue weighted by atomic mass is 79.9. The third-order valence-electron chi connectivity index (χ3n) is 2.45. The third kappa shape index (κ3) is 3.78. The molecule has 2 N–H and O–H groups in total. The van der Waals surface area contributed by atoms with Crippen molar-refractivity contribution in [2.45, 2.75) is 10.6 Å². The minimum Gasteiger partial charge on any atom is -0.398 e. The summed E-state index contributed by atoms with van der Waals surface area (Å²) in [4.78, 5) is 0.569. The molecule has 0 aliphatic rings. The SMILES string of the molecule is Nc1ccc(S(=O)Cc2cc(F)cc(Br)c2)cc1Cl. The molecule has 2 nitrogen and oxygen atoms in total. The maximum atomic E-state index is 13.2. The second-order valence-corrected chi connectivity index (χ2v) is 6.72. The van der Waals surface area contributed by atoms with E-state index in [1.165, 1.54) is 12.1 Å². The summed E-state index contributed by atoms with van der Waals surface area (Å²) in [6.07, 6.45) is 0. The Morgan fingerprint density at radius 1 is 1.26 bits per heavy atom. The summed E-state index contributed by atoms with van der Waals surface area (Å²) in [6, 6.07) is 9.29. The summed E-state index contributed by atoms with van der Waals surface area (Å²) in [5.41, 5.74) is 6.69. The maximum Gasteiger partial charge on any atom is 0.124 e. The average Bonchev–Trinajstić information content (AvgIpc) is 2.31. The zero-order valence-corrected chi connectivity index (χ0v) is 12.9. The van der Waals surface area contributed by atoms with Gasteiger partial charge in [-0.05, 0) is 42.0 Å². The molecule has 2 aromatic rings. The summed E-state index contributed by atoms with van der Waals surface area (Å²) < 4.78 is 26.0. The molecule has 0 radical (unpaired) electrons. The predicted molar refractivity (Wildman–Crippen MR) is 80.1 cm³/mol. The molecular formula is C13H10BrClFNOS. The highest BCUT2D eigenvalue weighted by Gasteiger charge is 2.09. The first kappa shape index (κ1) is 14.5. The van der Waals surface area contributed by atoms with E-state index in [2.05, 4.69) is 15.9 Å². The summed E-state index contributed by atoms with van der Waals surface area (Å²) in [5, 5.41) is 0.367. The van der Waals surface area contributed by atoms with Crippen LogP contribution in [0.5, 0.6) is 0 Å². The zero-order chi connectivity index (χ0) is 14.0. The van der Waals surface area contributed by atoms with E-state index in [0.29, 0.717) is 25.6 Å². The van der Waals surface area contributed by atoms with Gasteiger partial charge in [-0.25, -0.2) is 4.39 Å². The van der Waals surface area contributed by atoms with Gasteiger partial charge in [-0.2, -0.15) is 0 Å². The van der Waals surface area contributed by atoms with Crippen LogP contribution in [0.2, 0.25) is 5.02 Å². The molecule has 0 bridgehead atoms. The van der Waals surface area contributed by atoms with Gasteiger partial charge < -0.3 is 5.73 Å². The van der Waals surface area contributed by atoms with E-state index in [-0.39, 0.29) is 11.6 Å². The van der Waals surface area contributed by atoms with Crippen molar-refractivity contribution >= 4 is 44.0 Å². The summed E-state index contributed by atoms with van der Waals surface area (Å²) in [7, 11) is -1.30. The summed E-state index contributed by atoms with van der Waals surface area (Å²) >= 11 is 9.09. The molecule has 0 spiro atoms. The van der Waals surface area contributed by atoms with Crippen LogP contribution < -0.4 is 5.73 Å². The highest BCUT2D eigenvalue weighted by molar-refractivity contribution is 9.10. The smallest absolute Gasteiger partial charge is 0.124 e. The van der Waals surface area contributed by atoms with Crippen LogP contribution in [-0.2, 0) is 16.6 Å². The predicted octanol–water partition coefficient (Wildman–Crippen LogP) is 4.13. The molecule has 2 aromatic carbocycles. The van der Waals surface area contributed by atoms with Crippen molar-refractivity contribution in [3.63, 3.8) is 0 Å². The fourth-order valence-corrected chi connectivity index (χ4v) is 3.44. The summed E-state index contributed by atoms with van der Waals surface area (Å²) in [5.74, 6) is -0.145. The van der Waals surface area contributed by atoms with Crippen molar-refractivity contribution in [1.82, 2.24) is 0 Å². The van der Waals surface area contributed by atoms with Crippen LogP contribution in [0.4, 0.5) is 10.1 Å². The van der Waals surface area contributed by atoms with Gasteiger partial charge in [-0.15, -0.1) is 0 Å². The van der Waals surface area contributed by atoms with E-state index in [4.69, 9.17) is 17.3 Å². The van der Waals surface area contributed by atoms with Crippen LogP contribution in [0.25, 0.3) is 0 Å². The first-order valence-electron chi connectivity index (χ1n) is 5.34. The number of hydrogen-bond donors (Lipinski definition) is 1. The van der Waals surface area contributed by atoms with Gasteiger partial charge in [0.05, 0.1) is 27.3 Å². The van der Waals surface area contributed by atoms with Crippen LogP contribution in [-0.4, -0.2) is 4.21 Å². The van der Waals surface area contributed by atoms with E-state index in [0.717, 1.165) is 0 Å². The standard InChI is InChI=1S/C13H10BrClFNOS/c14-9-3-8(4-10(16)5-9)7-19(18)11-1-2-13(17)12(15)6-11/h1-6H,7,17H2. The molecule has 2 rings (SSSR count). The molecule has 0 heterocycles. The van der Waals surface area contributed by atoms with E-state index < -0.39 is 10.8 Å². The van der Waals surface area contributed by atoms with Gasteiger partial charge in [-0.1, -0.05) is 27.5 Å². The molecule has 0 saturated carbocycles. The van der Waals surface area contributed by atoms with E-state index in [9.17, 15) is 8.60 Å². The molecule has 0 aromatic heterocycles. The van der Waals surface area contributed by atoms with Crippen LogP contribution >= 0.6 is 27.5 Å². The highest BCUT2D eigenvalue weighted by Crippen LogP contribution is 2.24. The molecule has 0 saturated heterocycles. The molecule has 0 amide bonds. The molecule has 1 unspecified atom stereocenters. The monoisotopic (exact) mass is 361 g/mol. The molecule has 0 aliphatic carbocycles. The van der Waals surface area contributed by atoms with Gasteiger partial charge >= 0.3 is 0 Å². The third-order valence-corrected chi connectivity index (χ3v) is 4.62. The molecule has 0 fully saturated rings. The van der Waals surface area contributed by atoms with Crippen LogP contribution in [0.3, 0.4) is 0 Å². The van der Waals surface area contributed by atoms with E-state index >= 15 is 0 Å². The summed E-state index contributed by atoms with van der Waals surface area (Å²) in [6.45, 7) is 0. The normalized spacial score (nSPS) is 12.4. The molecule has 100 valence electrons. The molecular weight excluding hydrogens is 353 g/mol. The second kappa shape index (κ2) is 6.03. The zero-order valence-electron chi connectivity index (χ0n) is 9.70. The molecule has 6 heteroatoms. The van der Waals surface area contributed by atoms with Crippen molar-refractivity contribution in [1.29, 1.82) is 0 Å². The van der Waals surface area contributed by atoms with Gasteiger partial charge in [0, 0.05) is 9.37 Å². The first-order chi connectivity index (χ1) is 8.95. The molecule has 19 heavy (non-hydrogen) atoms. The van der Waals surface area contributed by atoms with E-state index in [1.54, 1.807) is 24.3 Å². The number of nitrogens with two attached hydrogens (primary N) is 1. The van der Waals surface area contributed by atoms with Crippen molar-refractivity contribution in [3.8, 4) is 0 Å².